The van der Waals surface area contributed by atoms with E-state index in [1.54, 1.807) is 0 Å². The number of carbonyl (C=O) groups is 1. The predicted molar refractivity (Wildman–Crippen MR) is 69.4 cm³/mol. The fraction of sp³-hybridized carbons (Fsp3) is 0.643. The van der Waals surface area contributed by atoms with Crippen molar-refractivity contribution in [3.63, 3.8) is 0 Å². The zero-order chi connectivity index (χ0) is 12.8. The molecule has 0 amide bonds. The van der Waals surface area contributed by atoms with E-state index in [-0.39, 0.29) is 5.97 Å². The molecule has 1 rings (SSSR count). The van der Waals surface area contributed by atoms with Crippen molar-refractivity contribution < 1.29 is 9.53 Å². The summed E-state index contributed by atoms with van der Waals surface area (Å²) < 4.78 is 6.96. The number of aromatic nitrogens is 1. The lowest BCUT2D eigenvalue weighted by Gasteiger charge is -2.18. The third-order valence-corrected chi connectivity index (χ3v) is 3.22. The number of methoxy groups -OCH3 is 1. The highest BCUT2D eigenvalue weighted by atomic mass is 16.5. The lowest BCUT2D eigenvalue weighted by Crippen LogP contribution is -2.16. The molecule has 0 aliphatic heterocycles. The van der Waals surface area contributed by atoms with Gasteiger partial charge < -0.3 is 9.30 Å². The van der Waals surface area contributed by atoms with E-state index in [0.717, 1.165) is 19.3 Å². The molecule has 1 atom stereocenters. The van der Waals surface area contributed by atoms with Crippen LogP contribution in [0.5, 0.6) is 0 Å². The van der Waals surface area contributed by atoms with Crippen LogP contribution in [-0.2, 0) is 11.2 Å². The van der Waals surface area contributed by atoms with Crippen LogP contribution in [0.3, 0.4) is 0 Å². The molecule has 1 heterocycles. The van der Waals surface area contributed by atoms with Gasteiger partial charge in [-0.25, -0.2) is 4.79 Å². The molecule has 0 radical (unpaired) electrons. The minimum Gasteiger partial charge on any atom is -0.464 e. The highest BCUT2D eigenvalue weighted by molar-refractivity contribution is 5.87. The molecular weight excluding hydrogens is 214 g/mol. The summed E-state index contributed by atoms with van der Waals surface area (Å²) in [5.74, 6) is -0.243. The van der Waals surface area contributed by atoms with Crippen molar-refractivity contribution in [2.75, 3.05) is 7.11 Å². The molecule has 96 valence electrons. The van der Waals surface area contributed by atoms with Gasteiger partial charge in [-0.1, -0.05) is 20.3 Å². The summed E-state index contributed by atoms with van der Waals surface area (Å²) in [4.78, 5) is 11.7. The van der Waals surface area contributed by atoms with Crippen molar-refractivity contribution in [1.29, 1.82) is 0 Å². The first-order chi connectivity index (χ1) is 8.15. The highest BCUT2D eigenvalue weighted by Gasteiger charge is 2.18. The third-order valence-electron chi connectivity index (χ3n) is 3.22. The molecule has 0 fully saturated rings. The zero-order valence-corrected chi connectivity index (χ0v) is 11.3. The van der Waals surface area contributed by atoms with Crippen LogP contribution in [-0.4, -0.2) is 17.6 Å². The maximum Gasteiger partial charge on any atom is 0.354 e. The van der Waals surface area contributed by atoms with Gasteiger partial charge in [0.25, 0.3) is 0 Å². The second-order valence-electron chi connectivity index (χ2n) is 4.43. The molecule has 0 aliphatic carbocycles. The van der Waals surface area contributed by atoms with E-state index < -0.39 is 0 Å². The van der Waals surface area contributed by atoms with Crippen LogP contribution >= 0.6 is 0 Å². The fourth-order valence-corrected chi connectivity index (χ4v) is 2.03. The van der Waals surface area contributed by atoms with Gasteiger partial charge in [0.1, 0.15) is 5.69 Å². The molecule has 0 N–H and O–H groups in total. The molecule has 0 saturated carbocycles. The Balaban J connectivity index is 3.05. The summed E-state index contributed by atoms with van der Waals surface area (Å²) in [6.45, 7) is 6.45. The highest BCUT2D eigenvalue weighted by Crippen LogP contribution is 2.21. The van der Waals surface area contributed by atoms with E-state index in [1.807, 2.05) is 12.1 Å². The molecular formula is C14H23NO2. The van der Waals surface area contributed by atoms with Crippen LogP contribution in [0.4, 0.5) is 0 Å². The lowest BCUT2D eigenvalue weighted by molar-refractivity contribution is 0.0585. The Bertz CT molecular complexity index is 368. The van der Waals surface area contributed by atoms with Crippen LogP contribution in [0.1, 0.15) is 62.3 Å². The van der Waals surface area contributed by atoms with Crippen molar-refractivity contribution in [2.45, 2.75) is 52.5 Å². The maximum absolute atomic E-state index is 11.7. The summed E-state index contributed by atoms with van der Waals surface area (Å²) in [7, 11) is 1.43. The van der Waals surface area contributed by atoms with Crippen LogP contribution < -0.4 is 0 Å². The average molecular weight is 237 g/mol. The van der Waals surface area contributed by atoms with Gasteiger partial charge in [-0.3, -0.25) is 0 Å². The number of unbranched alkanes of at least 4 members (excludes halogenated alkanes) is 1. The van der Waals surface area contributed by atoms with Crippen molar-refractivity contribution >= 4 is 5.97 Å². The van der Waals surface area contributed by atoms with Gasteiger partial charge in [-0.15, -0.1) is 0 Å². The Morgan fingerprint density at radius 1 is 1.41 bits per heavy atom. The minimum absolute atomic E-state index is 0.243. The smallest absolute Gasteiger partial charge is 0.354 e. The van der Waals surface area contributed by atoms with E-state index in [2.05, 4.69) is 25.3 Å². The summed E-state index contributed by atoms with van der Waals surface area (Å²) in [5.41, 5.74) is 1.91. The molecule has 17 heavy (non-hydrogen) atoms. The van der Waals surface area contributed by atoms with Crippen LogP contribution in [0, 0.1) is 0 Å². The number of hydrogen-bond donors (Lipinski definition) is 0. The number of nitrogens with zero attached hydrogens (tertiary/aromatic N) is 1. The molecule has 0 aromatic carbocycles. The first-order valence-electron chi connectivity index (χ1n) is 6.44. The van der Waals surface area contributed by atoms with E-state index in [1.165, 1.54) is 19.2 Å². The SMILES string of the molecule is CCCCc1ccc(C(=O)OC)n1C(C)CC. The van der Waals surface area contributed by atoms with E-state index in [4.69, 9.17) is 4.74 Å². The molecule has 1 unspecified atom stereocenters. The van der Waals surface area contributed by atoms with Crippen molar-refractivity contribution in [3.05, 3.63) is 23.5 Å². The topological polar surface area (TPSA) is 31.2 Å². The van der Waals surface area contributed by atoms with Gasteiger partial charge in [0.15, 0.2) is 0 Å². The van der Waals surface area contributed by atoms with Crippen molar-refractivity contribution in [1.82, 2.24) is 4.57 Å². The second-order valence-corrected chi connectivity index (χ2v) is 4.43. The van der Waals surface area contributed by atoms with Gasteiger partial charge in [0, 0.05) is 11.7 Å². The predicted octanol–water partition coefficient (Wildman–Crippen LogP) is 3.59. The van der Waals surface area contributed by atoms with Crippen LogP contribution in [0.2, 0.25) is 0 Å². The Morgan fingerprint density at radius 2 is 2.12 bits per heavy atom. The van der Waals surface area contributed by atoms with E-state index in [9.17, 15) is 4.79 Å². The van der Waals surface area contributed by atoms with Gasteiger partial charge >= 0.3 is 5.97 Å². The molecule has 1 aromatic rings. The standard InChI is InChI=1S/C14H23NO2/c1-5-7-8-12-9-10-13(14(16)17-4)15(12)11(3)6-2/h9-11H,5-8H2,1-4H3. The second kappa shape index (κ2) is 6.48. The third kappa shape index (κ3) is 3.11. The largest absolute Gasteiger partial charge is 0.464 e. The summed E-state index contributed by atoms with van der Waals surface area (Å²) in [6.07, 6.45) is 4.36. The molecule has 0 bridgehead atoms. The molecule has 3 heteroatoms. The van der Waals surface area contributed by atoms with E-state index in [0.29, 0.717) is 11.7 Å². The maximum atomic E-state index is 11.7. The molecule has 1 aromatic heterocycles. The first kappa shape index (κ1) is 13.8. The summed E-state index contributed by atoms with van der Waals surface area (Å²) >= 11 is 0. The summed E-state index contributed by atoms with van der Waals surface area (Å²) in [6, 6.07) is 4.27. The number of rotatable bonds is 6. The molecule has 0 saturated heterocycles. The number of hydrogen-bond acceptors (Lipinski definition) is 2. The minimum atomic E-state index is -0.243. The Kier molecular flexibility index (Phi) is 5.26. The first-order valence-corrected chi connectivity index (χ1v) is 6.44. The molecule has 0 spiro atoms. The Labute approximate surface area is 104 Å². The average Bonchev–Trinajstić information content (AvgIpc) is 2.78. The number of esters is 1. The van der Waals surface area contributed by atoms with Gasteiger partial charge in [-0.05, 0) is 38.3 Å². The monoisotopic (exact) mass is 237 g/mol. The Morgan fingerprint density at radius 3 is 2.65 bits per heavy atom. The van der Waals surface area contributed by atoms with Gasteiger partial charge in [0.2, 0.25) is 0 Å². The van der Waals surface area contributed by atoms with Crippen LogP contribution in [0.15, 0.2) is 12.1 Å². The van der Waals surface area contributed by atoms with Gasteiger partial charge in [-0.2, -0.15) is 0 Å². The van der Waals surface area contributed by atoms with Crippen molar-refractivity contribution in [2.24, 2.45) is 0 Å². The summed E-state index contributed by atoms with van der Waals surface area (Å²) in [5, 5.41) is 0. The molecule has 0 aliphatic rings. The Hall–Kier alpha value is -1.25. The number of aryl methyl sites for hydroxylation is 1. The molecule has 3 nitrogen and oxygen atoms in total. The van der Waals surface area contributed by atoms with Gasteiger partial charge in [0.05, 0.1) is 7.11 Å². The lowest BCUT2D eigenvalue weighted by atomic mass is 10.2. The fourth-order valence-electron chi connectivity index (χ4n) is 2.03. The number of ether oxygens (including phenoxy) is 1. The zero-order valence-electron chi connectivity index (χ0n) is 11.3. The van der Waals surface area contributed by atoms with E-state index >= 15 is 0 Å². The van der Waals surface area contributed by atoms with Crippen LogP contribution in [0.25, 0.3) is 0 Å². The quantitative estimate of drug-likeness (QED) is 0.708. The van der Waals surface area contributed by atoms with Crippen molar-refractivity contribution in [3.8, 4) is 0 Å². The normalized spacial score (nSPS) is 12.5. The number of carbonyl (C=O) groups excluding carboxylic acids is 1.